The molecule has 0 atom stereocenters. The fraction of sp³-hybridized carbons (Fsp3) is 0.333. The molecule has 8 heteroatoms. The van der Waals surface area contributed by atoms with Crippen LogP contribution in [0.3, 0.4) is 0 Å². The fourth-order valence-electron chi connectivity index (χ4n) is 3.62. The molecule has 1 aromatic heterocycles. The first-order chi connectivity index (χ1) is 13.7. The predicted molar refractivity (Wildman–Crippen MR) is 127 cm³/mol. The lowest BCUT2D eigenvalue weighted by Crippen LogP contribution is -2.53. The van der Waals surface area contributed by atoms with E-state index in [0.717, 1.165) is 62.0 Å². The number of aliphatic imine (C=N–C) groups is 1. The zero-order valence-electron chi connectivity index (χ0n) is 16.4. The van der Waals surface area contributed by atoms with Gasteiger partial charge in [0.1, 0.15) is 11.6 Å². The lowest BCUT2D eigenvalue weighted by molar-refractivity contribution is 0.371. The van der Waals surface area contributed by atoms with E-state index in [9.17, 15) is 4.39 Å². The van der Waals surface area contributed by atoms with Gasteiger partial charge in [-0.1, -0.05) is 24.3 Å². The van der Waals surface area contributed by atoms with Crippen LogP contribution in [-0.4, -0.2) is 60.6 Å². The minimum absolute atomic E-state index is 0. The van der Waals surface area contributed by atoms with Crippen LogP contribution in [0.4, 0.5) is 10.1 Å². The molecule has 1 aliphatic heterocycles. The number of fused-ring (bicyclic) bond motifs is 1. The molecule has 0 saturated carbocycles. The van der Waals surface area contributed by atoms with Crippen LogP contribution < -0.4 is 10.2 Å². The molecule has 1 fully saturated rings. The summed E-state index contributed by atoms with van der Waals surface area (Å²) in [4.78, 5) is 16.7. The Morgan fingerprint density at radius 3 is 2.55 bits per heavy atom. The molecule has 154 valence electrons. The smallest absolute Gasteiger partial charge is 0.193 e. The monoisotopic (exact) mass is 508 g/mol. The predicted octanol–water partition coefficient (Wildman–Crippen LogP) is 3.26. The van der Waals surface area contributed by atoms with E-state index in [2.05, 4.69) is 30.1 Å². The number of benzene rings is 2. The highest BCUT2D eigenvalue weighted by molar-refractivity contribution is 14.0. The van der Waals surface area contributed by atoms with Crippen molar-refractivity contribution in [3.05, 3.63) is 60.2 Å². The highest BCUT2D eigenvalue weighted by atomic mass is 127. The van der Waals surface area contributed by atoms with Gasteiger partial charge in [-0.3, -0.25) is 4.99 Å². The average Bonchev–Trinajstić information content (AvgIpc) is 3.15. The normalized spacial score (nSPS) is 14.8. The van der Waals surface area contributed by atoms with Gasteiger partial charge < -0.3 is 20.1 Å². The summed E-state index contributed by atoms with van der Waals surface area (Å²) < 4.78 is 14.0. The highest BCUT2D eigenvalue weighted by Crippen LogP contribution is 2.20. The Labute approximate surface area is 187 Å². The first-order valence-electron chi connectivity index (χ1n) is 9.63. The number of nitrogens with one attached hydrogen (secondary N) is 2. The zero-order chi connectivity index (χ0) is 19.3. The minimum atomic E-state index is -0.163. The van der Waals surface area contributed by atoms with E-state index >= 15 is 0 Å². The van der Waals surface area contributed by atoms with Crippen molar-refractivity contribution in [1.29, 1.82) is 0 Å². The van der Waals surface area contributed by atoms with Crippen LogP contribution in [0.15, 0.2) is 53.5 Å². The first kappa shape index (κ1) is 21.4. The summed E-state index contributed by atoms with van der Waals surface area (Å²) in [5, 5.41) is 3.42. The van der Waals surface area contributed by atoms with E-state index in [1.54, 1.807) is 13.1 Å². The van der Waals surface area contributed by atoms with Gasteiger partial charge in [-0.15, -0.1) is 24.0 Å². The molecule has 2 N–H and O–H groups in total. The summed E-state index contributed by atoms with van der Waals surface area (Å²) >= 11 is 0. The van der Waals surface area contributed by atoms with E-state index in [-0.39, 0.29) is 29.8 Å². The molecule has 3 aromatic rings. The van der Waals surface area contributed by atoms with Crippen LogP contribution in [-0.2, 0) is 6.42 Å². The van der Waals surface area contributed by atoms with Crippen LogP contribution in [0, 0.1) is 5.82 Å². The molecule has 0 bridgehead atoms. The van der Waals surface area contributed by atoms with Crippen molar-refractivity contribution < 1.29 is 4.39 Å². The summed E-state index contributed by atoms with van der Waals surface area (Å²) in [6.45, 7) is 3.90. The lowest BCUT2D eigenvalue weighted by Gasteiger charge is -2.37. The summed E-state index contributed by atoms with van der Waals surface area (Å²) in [5.74, 6) is 1.68. The number of piperazine rings is 1. The summed E-state index contributed by atoms with van der Waals surface area (Å²) in [5.41, 5.74) is 2.73. The molecular formula is C21H26FIN6. The number of aromatic nitrogens is 2. The number of hydrogen-bond donors (Lipinski definition) is 2. The highest BCUT2D eigenvalue weighted by Gasteiger charge is 2.21. The molecular weight excluding hydrogens is 482 g/mol. The maximum atomic E-state index is 14.0. The zero-order valence-corrected chi connectivity index (χ0v) is 18.8. The average molecular weight is 508 g/mol. The summed E-state index contributed by atoms with van der Waals surface area (Å²) in [6.07, 6.45) is 0.795. The maximum absolute atomic E-state index is 14.0. The number of H-pyrrole nitrogens is 1. The Kier molecular flexibility index (Phi) is 7.29. The molecule has 6 nitrogen and oxygen atoms in total. The quantitative estimate of drug-likeness (QED) is 0.323. The van der Waals surface area contributed by atoms with E-state index in [1.165, 1.54) is 6.07 Å². The number of guanidine groups is 1. The van der Waals surface area contributed by atoms with E-state index in [4.69, 9.17) is 0 Å². The van der Waals surface area contributed by atoms with Crippen LogP contribution in [0.25, 0.3) is 11.0 Å². The van der Waals surface area contributed by atoms with Crippen molar-refractivity contribution in [2.24, 2.45) is 4.99 Å². The lowest BCUT2D eigenvalue weighted by atomic mass is 10.2. The second-order valence-electron chi connectivity index (χ2n) is 6.85. The molecule has 4 rings (SSSR count). The molecule has 29 heavy (non-hydrogen) atoms. The van der Waals surface area contributed by atoms with Gasteiger partial charge in [0.15, 0.2) is 5.96 Å². The number of imidazole rings is 1. The van der Waals surface area contributed by atoms with E-state index in [0.29, 0.717) is 5.69 Å². The van der Waals surface area contributed by atoms with Gasteiger partial charge in [0.25, 0.3) is 0 Å². The summed E-state index contributed by atoms with van der Waals surface area (Å²) in [7, 11) is 1.80. The summed E-state index contributed by atoms with van der Waals surface area (Å²) in [6, 6.07) is 15.0. The number of anilines is 1. The number of rotatable bonds is 4. The molecule has 2 heterocycles. The Morgan fingerprint density at radius 1 is 1.10 bits per heavy atom. The van der Waals surface area contributed by atoms with Crippen LogP contribution >= 0.6 is 24.0 Å². The fourth-order valence-corrected chi connectivity index (χ4v) is 3.62. The Bertz CT molecular complexity index is 931. The van der Waals surface area contributed by atoms with Gasteiger partial charge in [-0.25, -0.2) is 9.37 Å². The largest absolute Gasteiger partial charge is 0.366 e. The van der Waals surface area contributed by atoms with Crippen LogP contribution in [0.1, 0.15) is 5.82 Å². The third kappa shape index (κ3) is 4.98. The number of hydrogen-bond acceptors (Lipinski definition) is 3. The third-order valence-electron chi connectivity index (χ3n) is 5.07. The van der Waals surface area contributed by atoms with Gasteiger partial charge in [0.05, 0.1) is 16.7 Å². The second kappa shape index (κ2) is 9.91. The van der Waals surface area contributed by atoms with Crippen LogP contribution in [0.5, 0.6) is 0 Å². The maximum Gasteiger partial charge on any atom is 0.193 e. The van der Waals surface area contributed by atoms with Gasteiger partial charge in [-0.05, 0) is 24.3 Å². The molecule has 0 amide bonds. The van der Waals surface area contributed by atoms with Crippen molar-refractivity contribution in [2.45, 2.75) is 6.42 Å². The SMILES string of the molecule is CN=C(NCCc1nc2ccccc2[nH]1)N1CCN(c2ccccc2F)CC1.I. The third-order valence-corrected chi connectivity index (χ3v) is 5.07. The molecule has 0 radical (unpaired) electrons. The van der Waals surface area contributed by atoms with Gasteiger partial charge in [-0.2, -0.15) is 0 Å². The number of halogens is 2. The van der Waals surface area contributed by atoms with Crippen molar-refractivity contribution >= 4 is 46.7 Å². The Balaban J connectivity index is 0.00000240. The number of para-hydroxylation sites is 3. The number of aromatic amines is 1. The van der Waals surface area contributed by atoms with Gasteiger partial charge in [0, 0.05) is 46.2 Å². The molecule has 1 aliphatic rings. The van der Waals surface area contributed by atoms with E-state index < -0.39 is 0 Å². The van der Waals surface area contributed by atoms with Crippen molar-refractivity contribution in [3.63, 3.8) is 0 Å². The minimum Gasteiger partial charge on any atom is -0.366 e. The standard InChI is InChI=1S/C21H25FN6.HI/c1-23-21(24-11-10-20-25-17-7-3-4-8-18(17)26-20)28-14-12-27(13-15-28)19-9-5-2-6-16(19)22;/h2-9H,10-15H2,1H3,(H,23,24)(H,25,26);1H. The molecule has 0 unspecified atom stereocenters. The van der Waals surface area contributed by atoms with Crippen molar-refractivity contribution in [1.82, 2.24) is 20.2 Å². The molecule has 0 spiro atoms. The van der Waals surface area contributed by atoms with E-state index in [1.807, 2.05) is 36.4 Å². The Morgan fingerprint density at radius 2 is 1.83 bits per heavy atom. The van der Waals surface area contributed by atoms with Crippen molar-refractivity contribution in [3.8, 4) is 0 Å². The Hall–Kier alpha value is -2.36. The molecule has 1 saturated heterocycles. The topological polar surface area (TPSA) is 59.6 Å². The van der Waals surface area contributed by atoms with Gasteiger partial charge >= 0.3 is 0 Å². The number of nitrogens with zero attached hydrogens (tertiary/aromatic N) is 4. The molecule has 0 aliphatic carbocycles. The van der Waals surface area contributed by atoms with Crippen molar-refractivity contribution in [2.75, 3.05) is 44.7 Å². The first-order valence-corrected chi connectivity index (χ1v) is 9.63. The van der Waals surface area contributed by atoms with Gasteiger partial charge in [0.2, 0.25) is 0 Å². The van der Waals surface area contributed by atoms with Crippen LogP contribution in [0.2, 0.25) is 0 Å². The second-order valence-corrected chi connectivity index (χ2v) is 6.85. The molecule has 2 aromatic carbocycles.